The van der Waals surface area contributed by atoms with Gasteiger partial charge in [-0.15, -0.1) is 0 Å². The summed E-state index contributed by atoms with van der Waals surface area (Å²) >= 11 is 0. The van der Waals surface area contributed by atoms with Crippen molar-refractivity contribution in [1.29, 1.82) is 0 Å². The topological polar surface area (TPSA) is 74.8 Å². The minimum Gasteiger partial charge on any atom is -0.324 e. The molecule has 2 atom stereocenters. The molecule has 26 heavy (non-hydrogen) atoms. The fourth-order valence-corrected chi connectivity index (χ4v) is 2.71. The van der Waals surface area contributed by atoms with Crippen LogP contribution in [0.25, 0.3) is 10.4 Å². The molecule has 0 aliphatic carbocycles. The highest BCUT2D eigenvalue weighted by Gasteiger charge is 2.07. The maximum atomic E-state index is 8.44. The largest absolute Gasteiger partial charge is 0.324 e. The Bertz CT molecular complexity index is 670. The summed E-state index contributed by atoms with van der Waals surface area (Å²) in [6.45, 7) is 8.39. The van der Waals surface area contributed by atoms with Gasteiger partial charge in [0.2, 0.25) is 0 Å². The molecule has 0 aliphatic rings. The van der Waals surface area contributed by atoms with Crippen LogP contribution in [0.15, 0.2) is 53.6 Å². The van der Waals surface area contributed by atoms with E-state index in [0.717, 1.165) is 31.2 Å². The Morgan fingerprint density at radius 2 is 1.31 bits per heavy atom. The third kappa shape index (κ3) is 7.73. The van der Waals surface area contributed by atoms with Crippen LogP contribution in [0, 0.1) is 13.8 Å². The van der Waals surface area contributed by atoms with Crippen LogP contribution in [-0.2, 0) is 0 Å². The average molecular weight is 353 g/mol. The summed E-state index contributed by atoms with van der Waals surface area (Å²) in [5.74, 6) is 0. The summed E-state index contributed by atoms with van der Waals surface area (Å²) in [5, 5.41) is 3.79. The first-order valence-corrected chi connectivity index (χ1v) is 9.44. The highest BCUT2D eigenvalue weighted by Crippen LogP contribution is 2.23. The van der Waals surface area contributed by atoms with E-state index in [9.17, 15) is 0 Å². The van der Waals surface area contributed by atoms with E-state index >= 15 is 0 Å². The Balaban J connectivity index is 0.000000263. The highest BCUT2D eigenvalue weighted by atomic mass is 15.1. The first kappa shape index (κ1) is 21.8. The zero-order valence-electron chi connectivity index (χ0n) is 16.5. The molecule has 0 radical (unpaired) electrons. The van der Waals surface area contributed by atoms with Gasteiger partial charge >= 0.3 is 0 Å². The lowest BCUT2D eigenvalue weighted by Gasteiger charge is -2.10. The molecule has 0 fully saturated rings. The van der Waals surface area contributed by atoms with Crippen LogP contribution >= 0.6 is 0 Å². The molecule has 0 bridgehead atoms. The third-order valence-corrected chi connectivity index (χ3v) is 4.32. The molecule has 2 rings (SSSR count). The molecule has 2 unspecified atom stereocenters. The van der Waals surface area contributed by atoms with Crippen molar-refractivity contribution in [2.24, 2.45) is 10.8 Å². The number of benzene rings is 2. The van der Waals surface area contributed by atoms with Gasteiger partial charge in [-0.1, -0.05) is 91.5 Å². The van der Waals surface area contributed by atoms with Gasteiger partial charge in [0.05, 0.1) is 6.04 Å². The number of hydrogen-bond acceptors (Lipinski definition) is 2. The smallest absolute Gasteiger partial charge is 0.0625 e. The van der Waals surface area contributed by atoms with Gasteiger partial charge in [-0.25, -0.2) is 0 Å². The van der Waals surface area contributed by atoms with Crippen LogP contribution in [-0.4, -0.2) is 0 Å². The van der Waals surface area contributed by atoms with Crippen LogP contribution in [0.2, 0.25) is 0 Å². The average Bonchev–Trinajstić information content (AvgIpc) is 2.63. The summed E-state index contributed by atoms with van der Waals surface area (Å²) in [4.78, 5) is 2.88. The lowest BCUT2D eigenvalue weighted by Crippen LogP contribution is -2.09. The fourth-order valence-electron chi connectivity index (χ4n) is 2.71. The van der Waals surface area contributed by atoms with E-state index < -0.39 is 0 Å². The lowest BCUT2D eigenvalue weighted by molar-refractivity contribution is 0.634. The van der Waals surface area contributed by atoms with Gasteiger partial charge in [0.1, 0.15) is 0 Å². The third-order valence-electron chi connectivity index (χ3n) is 4.32. The van der Waals surface area contributed by atoms with E-state index in [1.807, 2.05) is 31.2 Å². The fraction of sp³-hybridized carbons (Fsp3) is 0.455. The van der Waals surface area contributed by atoms with Gasteiger partial charge in [-0.05, 0) is 43.3 Å². The molecule has 4 nitrogen and oxygen atoms in total. The molecule has 2 aromatic rings. The van der Waals surface area contributed by atoms with Crippen LogP contribution in [0.3, 0.4) is 0 Å². The first-order chi connectivity index (χ1) is 12.5. The zero-order valence-corrected chi connectivity index (χ0v) is 16.5. The molecule has 140 valence electrons. The van der Waals surface area contributed by atoms with E-state index in [1.165, 1.54) is 16.7 Å². The number of rotatable bonds is 7. The molecule has 4 heteroatoms. The van der Waals surface area contributed by atoms with Crippen LogP contribution < -0.4 is 5.73 Å². The number of azide groups is 1. The predicted molar refractivity (Wildman–Crippen MR) is 111 cm³/mol. The van der Waals surface area contributed by atoms with Gasteiger partial charge in [0.15, 0.2) is 0 Å². The van der Waals surface area contributed by atoms with Crippen LogP contribution in [0.4, 0.5) is 0 Å². The molecular formula is C22H32N4. The van der Waals surface area contributed by atoms with Crippen molar-refractivity contribution < 1.29 is 0 Å². The Morgan fingerprint density at radius 1 is 0.846 bits per heavy atom. The second-order valence-corrected chi connectivity index (χ2v) is 6.73. The molecular weight excluding hydrogens is 320 g/mol. The SMILES string of the molecule is CCCC(N)c1ccc(C)cc1.CCCC(N=[N+]=[N-])c1ccc(C)cc1. The van der Waals surface area contributed by atoms with E-state index in [4.69, 9.17) is 11.3 Å². The van der Waals surface area contributed by atoms with Crippen LogP contribution in [0.1, 0.15) is 73.9 Å². The van der Waals surface area contributed by atoms with Gasteiger partial charge in [0, 0.05) is 11.0 Å². The molecule has 0 saturated heterocycles. The maximum absolute atomic E-state index is 8.44. The predicted octanol–water partition coefficient (Wildman–Crippen LogP) is 6.94. The molecule has 0 heterocycles. The molecule has 2 N–H and O–H groups in total. The molecule has 0 amide bonds. The summed E-state index contributed by atoms with van der Waals surface area (Å²) in [7, 11) is 0. The number of hydrogen-bond donors (Lipinski definition) is 1. The summed E-state index contributed by atoms with van der Waals surface area (Å²) < 4.78 is 0. The molecule has 2 aromatic carbocycles. The van der Waals surface area contributed by atoms with Gasteiger partial charge in [0.25, 0.3) is 0 Å². The minimum absolute atomic E-state index is 0.00870. The maximum Gasteiger partial charge on any atom is 0.0625 e. The van der Waals surface area contributed by atoms with Crippen molar-refractivity contribution >= 4 is 0 Å². The highest BCUT2D eigenvalue weighted by molar-refractivity contribution is 5.24. The summed E-state index contributed by atoms with van der Waals surface area (Å²) in [6, 6.07) is 16.8. The Morgan fingerprint density at radius 3 is 1.73 bits per heavy atom. The van der Waals surface area contributed by atoms with E-state index in [0.29, 0.717) is 0 Å². The minimum atomic E-state index is -0.00870. The van der Waals surface area contributed by atoms with E-state index in [-0.39, 0.29) is 12.1 Å². The number of nitrogens with zero attached hydrogens (tertiary/aromatic N) is 3. The van der Waals surface area contributed by atoms with Crippen molar-refractivity contribution in [1.82, 2.24) is 0 Å². The number of nitrogens with two attached hydrogens (primary N) is 1. The van der Waals surface area contributed by atoms with E-state index in [2.05, 4.69) is 55.1 Å². The quantitative estimate of drug-likeness (QED) is 0.327. The second-order valence-electron chi connectivity index (χ2n) is 6.73. The molecule has 0 spiro atoms. The van der Waals surface area contributed by atoms with Gasteiger partial charge in [-0.3, -0.25) is 0 Å². The Kier molecular flexibility index (Phi) is 10.1. The standard InChI is InChI=1S/C11H15N3.C11H17N/c1-3-4-11(13-14-12)10-7-5-9(2)6-8-10;1-3-4-11(12)10-7-5-9(2)6-8-10/h5-8,11H,3-4H2,1-2H3;5-8,11H,3-4,12H2,1-2H3. The number of aryl methyl sites for hydroxylation is 2. The summed E-state index contributed by atoms with van der Waals surface area (Å²) in [5.41, 5.74) is 19.3. The molecule has 0 aromatic heterocycles. The monoisotopic (exact) mass is 352 g/mol. The zero-order chi connectivity index (χ0) is 19.4. The van der Waals surface area contributed by atoms with Gasteiger partial charge < -0.3 is 5.73 Å². The van der Waals surface area contributed by atoms with E-state index in [1.54, 1.807) is 0 Å². The van der Waals surface area contributed by atoms with Crippen molar-refractivity contribution in [3.63, 3.8) is 0 Å². The van der Waals surface area contributed by atoms with Crippen molar-refractivity contribution in [3.05, 3.63) is 81.2 Å². The second kappa shape index (κ2) is 12.1. The van der Waals surface area contributed by atoms with Crippen molar-refractivity contribution in [3.8, 4) is 0 Å². The van der Waals surface area contributed by atoms with Crippen LogP contribution in [0.5, 0.6) is 0 Å². The lowest BCUT2D eigenvalue weighted by atomic mass is 10.0. The summed E-state index contributed by atoms with van der Waals surface area (Å²) in [6.07, 6.45) is 4.16. The van der Waals surface area contributed by atoms with Gasteiger partial charge in [-0.2, -0.15) is 0 Å². The molecule has 0 saturated carbocycles. The Labute approximate surface area is 158 Å². The first-order valence-electron chi connectivity index (χ1n) is 9.44. The molecule has 0 aliphatic heterocycles. The Hall–Kier alpha value is -2.29. The van der Waals surface area contributed by atoms with Crippen molar-refractivity contribution in [2.45, 2.75) is 65.5 Å². The van der Waals surface area contributed by atoms with Crippen molar-refractivity contribution in [2.75, 3.05) is 0 Å². The normalized spacial score (nSPS) is 12.3.